The topological polar surface area (TPSA) is 139 Å². The van der Waals surface area contributed by atoms with Gasteiger partial charge in [-0.1, -0.05) is 7.43 Å². The Hall–Kier alpha value is -2.36. The Balaban J connectivity index is -0.000000277. The van der Waals surface area contributed by atoms with Crippen LogP contribution < -0.4 is 0 Å². The average molecular weight is 287 g/mol. The Morgan fingerprint density at radius 1 is 1.30 bits per heavy atom. The molecule has 0 spiro atoms. The molecule has 0 aliphatic heterocycles. The molecule has 114 valence electrons. The Bertz CT molecular complexity index is 405. The quantitative estimate of drug-likeness (QED) is 0.255. The number of nitriles is 1. The maximum absolute atomic E-state index is 10.6. The van der Waals surface area contributed by atoms with Crippen LogP contribution in [-0.4, -0.2) is 46.8 Å². The second kappa shape index (κ2) is 11.7. The molecule has 0 radical (unpaired) electrons. The lowest BCUT2D eigenvalue weighted by atomic mass is 10.1. The minimum Gasteiger partial charge on any atom is -0.760 e. The van der Waals surface area contributed by atoms with E-state index in [1.807, 2.05) is 0 Å². The predicted octanol–water partition coefficient (Wildman–Crippen LogP) is 0.691. The molecule has 0 amide bonds. The SMILES string of the molecule is C.CCOC(=O)C(C)(O)C#N.CCOC(=O)C(O)=C=[N-]. The van der Waals surface area contributed by atoms with E-state index in [4.69, 9.17) is 20.9 Å². The number of rotatable bonds is 4. The molecule has 0 fully saturated rings. The lowest BCUT2D eigenvalue weighted by molar-refractivity contribution is -0.157. The summed E-state index contributed by atoms with van der Waals surface area (Å²) in [7, 11) is 0. The van der Waals surface area contributed by atoms with Gasteiger partial charge >= 0.3 is 11.9 Å². The van der Waals surface area contributed by atoms with Crippen molar-refractivity contribution in [2.75, 3.05) is 13.2 Å². The van der Waals surface area contributed by atoms with Crippen LogP contribution in [0.1, 0.15) is 28.2 Å². The number of hydrogen-bond donors (Lipinski definition) is 2. The van der Waals surface area contributed by atoms with E-state index in [2.05, 4.69) is 9.47 Å². The molecular formula is C12H19N2O6-. The summed E-state index contributed by atoms with van der Waals surface area (Å²) in [6.07, 6.45) is 0. The molecule has 0 rings (SSSR count). The van der Waals surface area contributed by atoms with Crippen LogP contribution in [0, 0.1) is 11.3 Å². The van der Waals surface area contributed by atoms with E-state index in [1.54, 1.807) is 13.8 Å². The van der Waals surface area contributed by atoms with Crippen molar-refractivity contribution in [1.82, 2.24) is 0 Å². The number of hydrogen-bond acceptors (Lipinski definition) is 7. The maximum Gasteiger partial charge on any atom is 0.380 e. The number of carbonyl (C=O) groups is 2. The highest BCUT2D eigenvalue weighted by Crippen LogP contribution is 2.02. The molecule has 0 heterocycles. The summed E-state index contributed by atoms with van der Waals surface area (Å²) < 4.78 is 8.63. The fraction of sp³-hybridized carbons (Fsp3) is 0.583. The second-order valence-corrected chi connectivity index (χ2v) is 3.09. The highest BCUT2D eigenvalue weighted by atomic mass is 16.6. The summed E-state index contributed by atoms with van der Waals surface area (Å²) in [6.45, 7) is 4.60. The molecular weight excluding hydrogens is 268 g/mol. The van der Waals surface area contributed by atoms with Gasteiger partial charge in [-0.2, -0.15) is 5.26 Å². The Kier molecular flexibility index (Phi) is 13.3. The van der Waals surface area contributed by atoms with Gasteiger partial charge < -0.3 is 25.1 Å². The summed E-state index contributed by atoms with van der Waals surface area (Å²) in [4.78, 5) is 20.8. The van der Waals surface area contributed by atoms with Crippen LogP contribution in [-0.2, 0) is 19.1 Å². The third-order valence-electron chi connectivity index (χ3n) is 1.47. The third-order valence-corrected chi connectivity index (χ3v) is 1.47. The van der Waals surface area contributed by atoms with Gasteiger partial charge in [0, 0.05) is 0 Å². The Labute approximate surface area is 117 Å². The molecule has 1 atom stereocenters. The average Bonchev–Trinajstić information content (AvgIpc) is 2.39. The van der Waals surface area contributed by atoms with E-state index in [1.165, 1.54) is 11.9 Å². The van der Waals surface area contributed by atoms with Crippen molar-refractivity contribution >= 4 is 17.8 Å². The number of aliphatic hydroxyl groups excluding tert-OH is 1. The zero-order valence-corrected chi connectivity index (χ0v) is 10.8. The van der Waals surface area contributed by atoms with E-state index < -0.39 is 23.3 Å². The molecule has 8 nitrogen and oxygen atoms in total. The van der Waals surface area contributed by atoms with Crippen molar-refractivity contribution in [1.29, 1.82) is 5.26 Å². The normalized spacial score (nSPS) is 10.9. The molecule has 8 heteroatoms. The van der Waals surface area contributed by atoms with Gasteiger partial charge in [0.15, 0.2) is 0 Å². The smallest absolute Gasteiger partial charge is 0.380 e. The van der Waals surface area contributed by atoms with Crippen LogP contribution in [0.2, 0.25) is 0 Å². The van der Waals surface area contributed by atoms with Crippen molar-refractivity contribution in [3.8, 4) is 6.07 Å². The van der Waals surface area contributed by atoms with Crippen LogP contribution in [0.15, 0.2) is 5.76 Å². The van der Waals surface area contributed by atoms with Crippen LogP contribution in [0.25, 0.3) is 5.41 Å². The number of carbonyl (C=O) groups excluding carboxylic acids is 2. The molecule has 0 saturated heterocycles. The second-order valence-electron chi connectivity index (χ2n) is 3.09. The Morgan fingerprint density at radius 2 is 1.75 bits per heavy atom. The van der Waals surface area contributed by atoms with Crippen LogP contribution >= 0.6 is 0 Å². The van der Waals surface area contributed by atoms with E-state index >= 15 is 0 Å². The third kappa shape index (κ3) is 9.65. The van der Waals surface area contributed by atoms with E-state index in [0.717, 1.165) is 6.92 Å². The van der Waals surface area contributed by atoms with E-state index in [-0.39, 0.29) is 20.6 Å². The van der Waals surface area contributed by atoms with Gasteiger partial charge in [0.05, 0.1) is 13.2 Å². The zero-order chi connectivity index (χ0) is 15.5. The van der Waals surface area contributed by atoms with Gasteiger partial charge in [-0.15, -0.1) is 0 Å². The van der Waals surface area contributed by atoms with Gasteiger partial charge in [-0.25, -0.2) is 15.5 Å². The summed E-state index contributed by atoms with van der Waals surface area (Å²) in [5.74, 6) is -1.54. The van der Waals surface area contributed by atoms with Crippen molar-refractivity contribution in [3.63, 3.8) is 0 Å². The molecule has 20 heavy (non-hydrogen) atoms. The first-order chi connectivity index (χ1) is 8.76. The highest BCUT2D eigenvalue weighted by Gasteiger charge is 2.31. The molecule has 0 bridgehead atoms. The molecule has 0 aromatic rings. The van der Waals surface area contributed by atoms with Crippen molar-refractivity contribution in [3.05, 3.63) is 11.2 Å². The van der Waals surface area contributed by atoms with Gasteiger partial charge in [0.25, 0.3) is 0 Å². The van der Waals surface area contributed by atoms with Crippen molar-refractivity contribution in [2.45, 2.75) is 33.8 Å². The van der Waals surface area contributed by atoms with Crippen LogP contribution in [0.3, 0.4) is 0 Å². The number of nitrogens with zero attached hydrogens (tertiary/aromatic N) is 2. The van der Waals surface area contributed by atoms with E-state index in [9.17, 15) is 9.59 Å². The van der Waals surface area contributed by atoms with Gasteiger partial charge in [-0.05, 0) is 20.8 Å². The van der Waals surface area contributed by atoms with Gasteiger partial charge in [0.2, 0.25) is 11.4 Å². The van der Waals surface area contributed by atoms with Crippen molar-refractivity contribution < 1.29 is 29.3 Å². The molecule has 1 unspecified atom stereocenters. The number of esters is 2. The van der Waals surface area contributed by atoms with Gasteiger partial charge in [0.1, 0.15) is 6.07 Å². The van der Waals surface area contributed by atoms with E-state index in [0.29, 0.717) is 0 Å². The maximum atomic E-state index is 10.6. The predicted molar refractivity (Wildman–Crippen MR) is 70.7 cm³/mol. The number of aliphatic hydroxyl groups is 2. The van der Waals surface area contributed by atoms with Crippen LogP contribution in [0.4, 0.5) is 0 Å². The molecule has 0 aromatic carbocycles. The molecule has 2 N–H and O–H groups in total. The first-order valence-corrected chi connectivity index (χ1v) is 5.20. The first kappa shape index (κ1) is 22.8. The minimum absolute atomic E-state index is 0. The van der Waals surface area contributed by atoms with Crippen molar-refractivity contribution in [2.24, 2.45) is 0 Å². The first-order valence-electron chi connectivity index (χ1n) is 5.20. The molecule has 0 aromatic heterocycles. The highest BCUT2D eigenvalue weighted by molar-refractivity contribution is 5.95. The fourth-order valence-corrected chi connectivity index (χ4v) is 0.562. The van der Waals surface area contributed by atoms with Gasteiger partial charge in [-0.3, -0.25) is 0 Å². The zero-order valence-electron chi connectivity index (χ0n) is 10.8. The summed E-state index contributed by atoms with van der Waals surface area (Å²) in [5, 5.41) is 33.3. The standard InChI is InChI=1S/C6H9NO3.C5H6NO3.CH4/c1-3-10-5(8)6(2,9)4-7;1-2-9-5(8)4(7)3-6;/h9H,3H2,1-2H3;7H,2H2,1H3;1H4/q;-1;. The largest absolute Gasteiger partial charge is 0.760 e. The van der Waals surface area contributed by atoms with Crippen LogP contribution in [0.5, 0.6) is 0 Å². The number of ether oxygens (including phenoxy) is 2. The monoisotopic (exact) mass is 287 g/mol. The molecule has 0 aliphatic rings. The minimum atomic E-state index is -2.00. The summed E-state index contributed by atoms with van der Waals surface area (Å²) in [6, 6.07) is 1.41. The lowest BCUT2D eigenvalue weighted by Crippen LogP contribution is -2.34. The summed E-state index contributed by atoms with van der Waals surface area (Å²) in [5.41, 5.74) is -2.00. The molecule has 0 saturated carbocycles. The fourth-order valence-electron chi connectivity index (χ4n) is 0.562. The Morgan fingerprint density at radius 3 is 2.05 bits per heavy atom. The summed E-state index contributed by atoms with van der Waals surface area (Å²) >= 11 is 0. The molecule has 0 aliphatic carbocycles. The lowest BCUT2D eigenvalue weighted by Gasteiger charge is -2.10.